The van der Waals surface area contributed by atoms with Crippen molar-refractivity contribution < 1.29 is 23.8 Å². The third kappa shape index (κ3) is 2.57. The minimum atomic E-state index is -0.951. The maximum absolute atomic E-state index is 12.3. The third-order valence-corrected chi connectivity index (χ3v) is 4.22. The smallest absolute Gasteiger partial charge is 0.311 e. The number of fused-ring (bicyclic) bond motifs is 1. The molecule has 0 radical (unpaired) electrons. The van der Waals surface area contributed by atoms with Crippen molar-refractivity contribution in [2.75, 3.05) is 19.8 Å². The number of amides is 1. The first kappa shape index (κ1) is 14.6. The van der Waals surface area contributed by atoms with E-state index < -0.39 is 11.4 Å². The predicted molar refractivity (Wildman–Crippen MR) is 78.7 cm³/mol. The van der Waals surface area contributed by atoms with Crippen molar-refractivity contribution >= 4 is 22.8 Å². The van der Waals surface area contributed by atoms with Gasteiger partial charge in [-0.1, -0.05) is 18.2 Å². The Morgan fingerprint density at radius 3 is 2.68 bits per heavy atom. The molecule has 2 heterocycles. The van der Waals surface area contributed by atoms with Crippen LogP contribution >= 0.6 is 0 Å². The van der Waals surface area contributed by atoms with Gasteiger partial charge in [-0.2, -0.15) is 0 Å². The van der Waals surface area contributed by atoms with E-state index in [0.29, 0.717) is 37.2 Å². The first-order valence-electron chi connectivity index (χ1n) is 7.18. The maximum Gasteiger partial charge on any atom is 0.311 e. The second kappa shape index (κ2) is 5.81. The summed E-state index contributed by atoms with van der Waals surface area (Å²) in [5.74, 6) is -1.22. The number of benzene rings is 1. The highest BCUT2D eigenvalue weighted by Gasteiger charge is 2.40. The molecular weight excluding hydrogens is 286 g/mol. The molecule has 2 N–H and O–H groups in total. The molecule has 6 nitrogen and oxygen atoms in total. The molecule has 0 unspecified atom stereocenters. The normalized spacial score (nSPS) is 17.3. The molecule has 1 aliphatic heterocycles. The Morgan fingerprint density at radius 1 is 1.23 bits per heavy atom. The number of hydrogen-bond acceptors (Lipinski definition) is 4. The molecule has 1 aliphatic rings. The van der Waals surface area contributed by atoms with Gasteiger partial charge in [-0.05, 0) is 18.9 Å². The van der Waals surface area contributed by atoms with Crippen LogP contribution in [0.15, 0.2) is 34.9 Å². The van der Waals surface area contributed by atoms with E-state index in [0.717, 1.165) is 5.39 Å². The van der Waals surface area contributed by atoms with Gasteiger partial charge in [0.2, 0.25) is 0 Å². The Bertz CT molecular complexity index is 699. The molecule has 0 saturated carbocycles. The minimum absolute atomic E-state index is 0.0873. The standard InChI is InChI=1S/C16H17NO5/c18-14(12-9-22-13-4-2-1-3-11(12)13)17-10-16(15(19)20)5-7-21-8-6-16/h1-4,9H,5-8,10H2,(H,17,18)(H,19,20). The second-order valence-corrected chi connectivity index (χ2v) is 5.53. The lowest BCUT2D eigenvalue weighted by Crippen LogP contribution is -2.46. The maximum atomic E-state index is 12.3. The second-order valence-electron chi connectivity index (χ2n) is 5.53. The van der Waals surface area contributed by atoms with Gasteiger partial charge in [-0.15, -0.1) is 0 Å². The number of furan rings is 1. The number of para-hydroxylation sites is 1. The van der Waals surface area contributed by atoms with Crippen LogP contribution in [0.4, 0.5) is 0 Å². The molecule has 2 aromatic rings. The summed E-state index contributed by atoms with van der Waals surface area (Å²) in [5, 5.41) is 12.9. The average Bonchev–Trinajstić information content (AvgIpc) is 2.97. The number of carboxylic acid groups (broad SMARTS) is 1. The van der Waals surface area contributed by atoms with Crippen molar-refractivity contribution in [3.05, 3.63) is 36.1 Å². The van der Waals surface area contributed by atoms with Crippen LogP contribution in [0.3, 0.4) is 0 Å². The van der Waals surface area contributed by atoms with E-state index in [9.17, 15) is 14.7 Å². The van der Waals surface area contributed by atoms with E-state index in [1.807, 2.05) is 12.1 Å². The molecule has 1 amide bonds. The van der Waals surface area contributed by atoms with Gasteiger partial charge in [0.05, 0.1) is 11.0 Å². The summed E-state index contributed by atoms with van der Waals surface area (Å²) in [7, 11) is 0. The van der Waals surface area contributed by atoms with Crippen molar-refractivity contribution in [1.82, 2.24) is 5.32 Å². The van der Waals surface area contributed by atoms with Crippen LogP contribution in [0.5, 0.6) is 0 Å². The van der Waals surface area contributed by atoms with Crippen LogP contribution in [0.25, 0.3) is 11.0 Å². The molecule has 116 valence electrons. The van der Waals surface area contributed by atoms with Gasteiger partial charge in [0, 0.05) is 25.1 Å². The summed E-state index contributed by atoms with van der Waals surface area (Å²) in [5.41, 5.74) is 0.0999. The summed E-state index contributed by atoms with van der Waals surface area (Å²) >= 11 is 0. The van der Waals surface area contributed by atoms with Gasteiger partial charge >= 0.3 is 5.97 Å². The number of carbonyl (C=O) groups excluding carboxylic acids is 1. The third-order valence-electron chi connectivity index (χ3n) is 4.22. The van der Waals surface area contributed by atoms with Crippen LogP contribution in [-0.4, -0.2) is 36.7 Å². The highest BCUT2D eigenvalue weighted by molar-refractivity contribution is 6.06. The highest BCUT2D eigenvalue weighted by atomic mass is 16.5. The van der Waals surface area contributed by atoms with Gasteiger partial charge < -0.3 is 19.6 Å². The molecule has 1 aromatic carbocycles. The summed E-state index contributed by atoms with van der Waals surface area (Å²) in [6.07, 6.45) is 2.20. The Morgan fingerprint density at radius 2 is 1.95 bits per heavy atom. The molecule has 22 heavy (non-hydrogen) atoms. The molecular formula is C16H17NO5. The van der Waals surface area contributed by atoms with Crippen LogP contribution in [-0.2, 0) is 9.53 Å². The topological polar surface area (TPSA) is 88.8 Å². The zero-order valence-electron chi connectivity index (χ0n) is 12.0. The molecule has 0 aliphatic carbocycles. The minimum Gasteiger partial charge on any atom is -0.481 e. The monoisotopic (exact) mass is 303 g/mol. The van der Waals surface area contributed by atoms with Gasteiger partial charge in [0.1, 0.15) is 11.8 Å². The van der Waals surface area contributed by atoms with Crippen LogP contribution in [0.2, 0.25) is 0 Å². The number of rotatable bonds is 4. The summed E-state index contributed by atoms with van der Waals surface area (Å²) in [6, 6.07) is 7.24. The molecule has 6 heteroatoms. The van der Waals surface area contributed by atoms with Crippen LogP contribution < -0.4 is 5.32 Å². The van der Waals surface area contributed by atoms with Crippen molar-refractivity contribution in [1.29, 1.82) is 0 Å². The molecule has 0 atom stereocenters. The van der Waals surface area contributed by atoms with E-state index in [1.54, 1.807) is 12.1 Å². The zero-order chi connectivity index (χ0) is 15.6. The summed E-state index contributed by atoms with van der Waals surface area (Å²) in [4.78, 5) is 23.9. The SMILES string of the molecule is O=C(NCC1(C(=O)O)CCOCC1)c1coc2ccccc12. The van der Waals surface area contributed by atoms with Crippen molar-refractivity contribution in [3.8, 4) is 0 Å². The lowest BCUT2D eigenvalue weighted by Gasteiger charge is -2.33. The van der Waals surface area contributed by atoms with E-state index in [1.165, 1.54) is 6.26 Å². The summed E-state index contributed by atoms with van der Waals surface area (Å²) < 4.78 is 10.6. The number of hydrogen-bond donors (Lipinski definition) is 2. The molecule has 1 saturated heterocycles. The van der Waals surface area contributed by atoms with Gasteiger partial charge in [0.15, 0.2) is 0 Å². The Balaban J connectivity index is 1.75. The molecule has 3 rings (SSSR count). The number of aliphatic carboxylic acids is 1. The molecule has 1 aromatic heterocycles. The van der Waals surface area contributed by atoms with Gasteiger partial charge in [-0.25, -0.2) is 0 Å². The lowest BCUT2D eigenvalue weighted by atomic mass is 9.80. The molecule has 1 fully saturated rings. The fraction of sp³-hybridized carbons (Fsp3) is 0.375. The fourth-order valence-corrected chi connectivity index (χ4v) is 2.73. The lowest BCUT2D eigenvalue weighted by molar-refractivity contribution is -0.154. The van der Waals surface area contributed by atoms with Crippen molar-refractivity contribution in [3.63, 3.8) is 0 Å². The zero-order valence-corrected chi connectivity index (χ0v) is 12.0. The number of nitrogens with one attached hydrogen (secondary N) is 1. The Kier molecular flexibility index (Phi) is 3.85. The number of ether oxygens (including phenoxy) is 1. The van der Waals surface area contributed by atoms with Gasteiger partial charge in [0.25, 0.3) is 5.91 Å². The molecule has 0 bridgehead atoms. The number of carboxylic acids is 1. The van der Waals surface area contributed by atoms with Crippen molar-refractivity contribution in [2.45, 2.75) is 12.8 Å². The predicted octanol–water partition coefficient (Wildman–Crippen LogP) is 2.04. The quantitative estimate of drug-likeness (QED) is 0.902. The Labute approximate surface area is 127 Å². The highest BCUT2D eigenvalue weighted by Crippen LogP contribution is 2.30. The fourth-order valence-electron chi connectivity index (χ4n) is 2.73. The van der Waals surface area contributed by atoms with E-state index >= 15 is 0 Å². The first-order chi connectivity index (χ1) is 10.6. The van der Waals surface area contributed by atoms with E-state index in [4.69, 9.17) is 9.15 Å². The van der Waals surface area contributed by atoms with Gasteiger partial charge in [-0.3, -0.25) is 9.59 Å². The molecule has 0 spiro atoms. The van der Waals surface area contributed by atoms with Crippen LogP contribution in [0.1, 0.15) is 23.2 Å². The average molecular weight is 303 g/mol. The first-order valence-corrected chi connectivity index (χ1v) is 7.18. The van der Waals surface area contributed by atoms with Crippen LogP contribution in [0, 0.1) is 5.41 Å². The largest absolute Gasteiger partial charge is 0.481 e. The Hall–Kier alpha value is -2.34. The van der Waals surface area contributed by atoms with E-state index in [-0.39, 0.29) is 12.5 Å². The van der Waals surface area contributed by atoms with Crippen molar-refractivity contribution in [2.24, 2.45) is 5.41 Å². The van der Waals surface area contributed by atoms with E-state index in [2.05, 4.69) is 5.32 Å². The number of carbonyl (C=O) groups is 2. The summed E-state index contributed by atoms with van der Waals surface area (Å²) in [6.45, 7) is 0.887.